The Bertz CT molecular complexity index is 626. The molecule has 1 N–H and O–H groups in total. The van der Waals surface area contributed by atoms with Gasteiger partial charge in [0.2, 0.25) is 0 Å². The Labute approximate surface area is 104 Å². The molecule has 0 bridgehead atoms. The van der Waals surface area contributed by atoms with Gasteiger partial charge < -0.3 is 9.67 Å². The average molecular weight is 250 g/mol. The number of carbonyl (C=O) groups is 1. The van der Waals surface area contributed by atoms with Gasteiger partial charge in [-0.25, -0.2) is 4.79 Å². The van der Waals surface area contributed by atoms with E-state index in [1.54, 1.807) is 0 Å². The summed E-state index contributed by atoms with van der Waals surface area (Å²) in [5.74, 6) is -0.860. The molecule has 0 spiro atoms. The van der Waals surface area contributed by atoms with Gasteiger partial charge in [0.15, 0.2) is 0 Å². The van der Waals surface area contributed by atoms with Crippen LogP contribution in [0.15, 0.2) is 18.2 Å². The fourth-order valence-electron chi connectivity index (χ4n) is 2.42. The van der Waals surface area contributed by atoms with Gasteiger partial charge in [-0.3, -0.25) is 0 Å². The maximum Gasteiger partial charge on any atom is 0.352 e. The quantitative estimate of drug-likeness (QED) is 0.883. The molecule has 0 unspecified atom stereocenters. The highest BCUT2D eigenvalue weighted by Gasteiger charge is 2.31. The molecule has 0 radical (unpaired) electrons. The first-order valence-electron chi connectivity index (χ1n) is 5.63. The number of halogens is 1. The topological polar surface area (TPSA) is 42.2 Å². The van der Waals surface area contributed by atoms with Crippen molar-refractivity contribution in [1.82, 2.24) is 4.57 Å². The van der Waals surface area contributed by atoms with E-state index in [1.165, 1.54) is 0 Å². The highest BCUT2D eigenvalue weighted by molar-refractivity contribution is 6.31. The lowest BCUT2D eigenvalue weighted by Gasteiger charge is -2.06. The summed E-state index contributed by atoms with van der Waals surface area (Å²) in [7, 11) is 0. The summed E-state index contributed by atoms with van der Waals surface area (Å²) in [5.41, 5.74) is 2.19. The van der Waals surface area contributed by atoms with Gasteiger partial charge in [-0.1, -0.05) is 11.6 Å². The summed E-state index contributed by atoms with van der Waals surface area (Å²) >= 11 is 5.97. The van der Waals surface area contributed by atoms with Gasteiger partial charge in [0, 0.05) is 22.0 Å². The standard InChI is InChI=1S/C13H12ClNO2/c1-7-10-6-8(14)2-5-11(10)15(9-3-4-9)12(7)13(16)17/h2,5-6,9H,3-4H2,1H3,(H,16,17). The monoisotopic (exact) mass is 249 g/mol. The normalized spacial score (nSPS) is 15.4. The van der Waals surface area contributed by atoms with Gasteiger partial charge in [-0.2, -0.15) is 0 Å². The van der Waals surface area contributed by atoms with E-state index in [9.17, 15) is 9.90 Å². The molecule has 0 amide bonds. The van der Waals surface area contributed by atoms with Crippen LogP contribution in [0.5, 0.6) is 0 Å². The number of fused-ring (bicyclic) bond motifs is 1. The van der Waals surface area contributed by atoms with Crippen molar-refractivity contribution >= 4 is 28.5 Å². The van der Waals surface area contributed by atoms with E-state index in [4.69, 9.17) is 11.6 Å². The van der Waals surface area contributed by atoms with Crippen LogP contribution in [0, 0.1) is 6.92 Å². The fourth-order valence-corrected chi connectivity index (χ4v) is 2.59. The molecule has 0 aliphatic heterocycles. The van der Waals surface area contributed by atoms with E-state index >= 15 is 0 Å². The van der Waals surface area contributed by atoms with Crippen molar-refractivity contribution in [2.75, 3.05) is 0 Å². The van der Waals surface area contributed by atoms with Crippen molar-refractivity contribution in [3.63, 3.8) is 0 Å². The maximum atomic E-state index is 11.4. The van der Waals surface area contributed by atoms with Crippen molar-refractivity contribution < 1.29 is 9.90 Å². The van der Waals surface area contributed by atoms with E-state index in [-0.39, 0.29) is 0 Å². The Morgan fingerprint density at radius 1 is 1.47 bits per heavy atom. The minimum Gasteiger partial charge on any atom is -0.477 e. The molecule has 1 saturated carbocycles. The summed E-state index contributed by atoms with van der Waals surface area (Å²) in [4.78, 5) is 11.4. The molecular weight excluding hydrogens is 238 g/mol. The molecule has 0 atom stereocenters. The Hall–Kier alpha value is -1.48. The smallest absolute Gasteiger partial charge is 0.352 e. The van der Waals surface area contributed by atoms with Crippen LogP contribution in [0.2, 0.25) is 5.02 Å². The zero-order valence-corrected chi connectivity index (χ0v) is 10.2. The third kappa shape index (κ3) is 1.53. The van der Waals surface area contributed by atoms with Crippen molar-refractivity contribution in [3.05, 3.63) is 34.5 Å². The van der Waals surface area contributed by atoms with Crippen LogP contribution in [0.3, 0.4) is 0 Å². The molecule has 1 aliphatic carbocycles. The van der Waals surface area contributed by atoms with Crippen LogP contribution in [0.25, 0.3) is 10.9 Å². The van der Waals surface area contributed by atoms with Gasteiger partial charge in [0.05, 0.1) is 0 Å². The summed E-state index contributed by atoms with van der Waals surface area (Å²) in [5, 5.41) is 10.9. The molecule has 1 aromatic heterocycles. The summed E-state index contributed by atoms with van der Waals surface area (Å²) < 4.78 is 1.95. The minimum atomic E-state index is -0.860. The summed E-state index contributed by atoms with van der Waals surface area (Å²) in [6.45, 7) is 1.85. The van der Waals surface area contributed by atoms with Crippen molar-refractivity contribution in [2.24, 2.45) is 0 Å². The number of aromatic carboxylic acids is 1. The van der Waals surface area contributed by atoms with Crippen LogP contribution in [0.1, 0.15) is 34.9 Å². The number of carboxylic acids is 1. The van der Waals surface area contributed by atoms with E-state index < -0.39 is 5.97 Å². The van der Waals surface area contributed by atoms with Crippen LogP contribution in [0.4, 0.5) is 0 Å². The zero-order chi connectivity index (χ0) is 12.2. The Kier molecular flexibility index (Phi) is 2.20. The van der Waals surface area contributed by atoms with E-state index in [0.717, 1.165) is 29.3 Å². The fraction of sp³-hybridized carbons (Fsp3) is 0.308. The second-order valence-corrected chi connectivity index (χ2v) is 4.98. The number of aryl methyl sites for hydroxylation is 1. The first-order valence-corrected chi connectivity index (χ1v) is 6.00. The molecule has 2 aromatic rings. The molecule has 1 aliphatic rings. The highest BCUT2D eigenvalue weighted by atomic mass is 35.5. The van der Waals surface area contributed by atoms with E-state index in [2.05, 4.69) is 0 Å². The van der Waals surface area contributed by atoms with Gasteiger partial charge in [-0.15, -0.1) is 0 Å². The average Bonchev–Trinajstić information content (AvgIpc) is 3.05. The lowest BCUT2D eigenvalue weighted by Crippen LogP contribution is -2.08. The summed E-state index contributed by atoms with van der Waals surface area (Å²) in [6.07, 6.45) is 2.12. The number of nitrogens with zero attached hydrogens (tertiary/aromatic N) is 1. The van der Waals surface area contributed by atoms with E-state index in [0.29, 0.717) is 16.8 Å². The SMILES string of the molecule is Cc1c(C(=O)O)n(C2CC2)c2ccc(Cl)cc12. The van der Waals surface area contributed by atoms with Crippen molar-refractivity contribution in [3.8, 4) is 0 Å². The molecule has 1 fully saturated rings. The van der Waals surface area contributed by atoms with Crippen LogP contribution >= 0.6 is 11.6 Å². The minimum absolute atomic E-state index is 0.346. The molecule has 3 nitrogen and oxygen atoms in total. The molecule has 17 heavy (non-hydrogen) atoms. The largest absolute Gasteiger partial charge is 0.477 e. The van der Waals surface area contributed by atoms with E-state index in [1.807, 2.05) is 29.7 Å². The van der Waals surface area contributed by atoms with Crippen molar-refractivity contribution in [1.29, 1.82) is 0 Å². The number of hydrogen-bond donors (Lipinski definition) is 1. The molecule has 1 heterocycles. The van der Waals surface area contributed by atoms with Crippen LogP contribution in [-0.4, -0.2) is 15.6 Å². The molecule has 3 rings (SSSR count). The molecule has 1 aromatic carbocycles. The van der Waals surface area contributed by atoms with Gasteiger partial charge >= 0.3 is 5.97 Å². The van der Waals surface area contributed by atoms with Gasteiger partial charge in [0.25, 0.3) is 0 Å². The molecule has 0 saturated heterocycles. The number of benzene rings is 1. The third-order valence-corrected chi connectivity index (χ3v) is 3.57. The molecular formula is C13H12ClNO2. The second-order valence-electron chi connectivity index (χ2n) is 4.54. The first kappa shape index (κ1) is 10.7. The predicted molar refractivity (Wildman–Crippen MR) is 66.9 cm³/mol. The number of carboxylic acid groups (broad SMARTS) is 1. The van der Waals surface area contributed by atoms with Gasteiger partial charge in [0.1, 0.15) is 5.69 Å². The first-order chi connectivity index (χ1) is 8.09. The van der Waals surface area contributed by atoms with Crippen LogP contribution in [-0.2, 0) is 0 Å². The zero-order valence-electron chi connectivity index (χ0n) is 9.40. The predicted octanol–water partition coefficient (Wildman–Crippen LogP) is 3.64. The molecule has 88 valence electrons. The second kappa shape index (κ2) is 3.50. The molecule has 4 heteroatoms. The summed E-state index contributed by atoms with van der Waals surface area (Å²) in [6, 6.07) is 5.92. The Balaban J connectivity index is 2.40. The van der Waals surface area contributed by atoms with Gasteiger partial charge in [-0.05, 0) is 43.5 Å². The number of aromatic nitrogens is 1. The van der Waals surface area contributed by atoms with Crippen molar-refractivity contribution in [2.45, 2.75) is 25.8 Å². The lowest BCUT2D eigenvalue weighted by molar-refractivity contribution is 0.0684. The lowest BCUT2D eigenvalue weighted by atomic mass is 10.1. The maximum absolute atomic E-state index is 11.4. The van der Waals surface area contributed by atoms with Crippen LogP contribution < -0.4 is 0 Å². The Morgan fingerprint density at radius 3 is 2.76 bits per heavy atom. The third-order valence-electron chi connectivity index (χ3n) is 3.33. The Morgan fingerprint density at radius 2 is 2.18 bits per heavy atom. The highest BCUT2D eigenvalue weighted by Crippen LogP contribution is 2.41. The number of hydrogen-bond acceptors (Lipinski definition) is 1. The number of rotatable bonds is 2.